The number of hydrogen-bond acceptors (Lipinski definition) is 2. The van der Waals surface area contributed by atoms with E-state index in [0.717, 1.165) is 12.2 Å². The molecule has 0 amide bonds. The Kier molecular flexibility index (Phi) is 7.99. The lowest BCUT2D eigenvalue weighted by atomic mass is 10.2. The van der Waals surface area contributed by atoms with Gasteiger partial charge in [0.25, 0.3) is 6.47 Å². The Morgan fingerprint density at radius 3 is 2.69 bits per heavy atom. The van der Waals surface area contributed by atoms with E-state index in [1.807, 2.05) is 12.1 Å². The van der Waals surface area contributed by atoms with Gasteiger partial charge in [-0.1, -0.05) is 19.8 Å². The van der Waals surface area contributed by atoms with Crippen molar-refractivity contribution >= 4 is 6.47 Å². The van der Waals surface area contributed by atoms with E-state index in [1.54, 1.807) is 6.26 Å². The zero-order valence-corrected chi connectivity index (χ0v) is 7.90. The van der Waals surface area contributed by atoms with Crippen LogP contribution in [0.5, 0.6) is 0 Å². The highest BCUT2D eigenvalue weighted by Gasteiger charge is 1.92. The summed E-state index contributed by atoms with van der Waals surface area (Å²) in [6, 6.07) is 3.98. The van der Waals surface area contributed by atoms with Gasteiger partial charge in [-0.2, -0.15) is 0 Å². The van der Waals surface area contributed by atoms with Crippen molar-refractivity contribution in [1.82, 2.24) is 0 Å². The molecule has 3 heteroatoms. The Morgan fingerprint density at radius 1 is 1.54 bits per heavy atom. The Hall–Kier alpha value is -1.25. The fraction of sp³-hybridized carbons (Fsp3) is 0.500. The van der Waals surface area contributed by atoms with Crippen LogP contribution in [0.1, 0.15) is 31.9 Å². The van der Waals surface area contributed by atoms with Gasteiger partial charge < -0.3 is 9.52 Å². The molecule has 0 fully saturated rings. The van der Waals surface area contributed by atoms with Crippen molar-refractivity contribution in [2.24, 2.45) is 0 Å². The van der Waals surface area contributed by atoms with E-state index in [0.29, 0.717) is 0 Å². The van der Waals surface area contributed by atoms with Crippen molar-refractivity contribution < 1.29 is 14.3 Å². The van der Waals surface area contributed by atoms with Gasteiger partial charge in [0.2, 0.25) is 0 Å². The van der Waals surface area contributed by atoms with E-state index in [2.05, 4.69) is 6.92 Å². The lowest BCUT2D eigenvalue weighted by Crippen LogP contribution is -1.80. The molecule has 1 rings (SSSR count). The molecule has 1 aromatic heterocycles. The molecule has 1 aromatic rings. The Bertz CT molecular complexity index is 192. The van der Waals surface area contributed by atoms with Crippen LogP contribution in [0, 0.1) is 0 Å². The fourth-order valence-corrected chi connectivity index (χ4v) is 1.00. The van der Waals surface area contributed by atoms with Crippen LogP contribution in [0.2, 0.25) is 0 Å². The molecule has 1 heterocycles. The lowest BCUT2D eigenvalue weighted by Gasteiger charge is -1.93. The van der Waals surface area contributed by atoms with Crippen LogP contribution in [-0.4, -0.2) is 11.6 Å². The Balaban J connectivity index is 0.000000424. The normalized spacial score (nSPS) is 8.69. The minimum absolute atomic E-state index is 0.250. The molecule has 0 unspecified atom stereocenters. The van der Waals surface area contributed by atoms with Gasteiger partial charge in [-0.3, -0.25) is 4.79 Å². The van der Waals surface area contributed by atoms with Crippen LogP contribution in [0.3, 0.4) is 0 Å². The molecule has 74 valence electrons. The van der Waals surface area contributed by atoms with E-state index in [1.165, 1.54) is 19.3 Å². The van der Waals surface area contributed by atoms with Gasteiger partial charge >= 0.3 is 0 Å². The summed E-state index contributed by atoms with van der Waals surface area (Å²) >= 11 is 0. The molecule has 0 aliphatic carbocycles. The zero-order chi connectivity index (χ0) is 9.94. The summed E-state index contributed by atoms with van der Waals surface area (Å²) < 4.78 is 5.18. The number of hydrogen-bond donors (Lipinski definition) is 1. The molecule has 0 aliphatic heterocycles. The molecule has 3 nitrogen and oxygen atoms in total. The molecule has 0 aliphatic rings. The van der Waals surface area contributed by atoms with Crippen LogP contribution in [-0.2, 0) is 11.2 Å². The fourth-order valence-electron chi connectivity index (χ4n) is 1.00. The summed E-state index contributed by atoms with van der Waals surface area (Å²) in [4.78, 5) is 8.36. The SMILES string of the molecule is CCCCCc1ccco1.O=CO. The largest absolute Gasteiger partial charge is 0.483 e. The van der Waals surface area contributed by atoms with Crippen molar-refractivity contribution in [3.05, 3.63) is 24.2 Å². The lowest BCUT2D eigenvalue weighted by molar-refractivity contribution is -0.122. The number of carboxylic acid groups (broad SMARTS) is 1. The third kappa shape index (κ3) is 7.12. The van der Waals surface area contributed by atoms with E-state index >= 15 is 0 Å². The number of rotatable bonds is 4. The summed E-state index contributed by atoms with van der Waals surface area (Å²) in [7, 11) is 0. The average molecular weight is 184 g/mol. The highest BCUT2D eigenvalue weighted by Crippen LogP contribution is 2.06. The van der Waals surface area contributed by atoms with Crippen molar-refractivity contribution in [1.29, 1.82) is 0 Å². The number of furan rings is 1. The molecular formula is C10H16O3. The Morgan fingerprint density at radius 2 is 2.23 bits per heavy atom. The van der Waals surface area contributed by atoms with Gasteiger partial charge in [0, 0.05) is 6.42 Å². The van der Waals surface area contributed by atoms with Crippen LogP contribution < -0.4 is 0 Å². The highest BCUT2D eigenvalue weighted by atomic mass is 16.3. The number of unbranched alkanes of at least 4 members (excludes halogenated alkanes) is 2. The summed E-state index contributed by atoms with van der Waals surface area (Å²) in [5.74, 6) is 1.12. The molecule has 0 bridgehead atoms. The summed E-state index contributed by atoms with van der Waals surface area (Å²) in [6.45, 7) is 1.96. The zero-order valence-electron chi connectivity index (χ0n) is 7.90. The predicted molar refractivity (Wildman–Crippen MR) is 50.6 cm³/mol. The minimum atomic E-state index is -0.250. The van der Waals surface area contributed by atoms with E-state index < -0.39 is 0 Å². The van der Waals surface area contributed by atoms with Crippen LogP contribution in [0.4, 0.5) is 0 Å². The third-order valence-corrected chi connectivity index (χ3v) is 1.61. The molecule has 0 aromatic carbocycles. The second kappa shape index (κ2) is 8.84. The maximum Gasteiger partial charge on any atom is 0.290 e. The second-order valence-corrected chi connectivity index (χ2v) is 2.64. The van der Waals surface area contributed by atoms with Gasteiger partial charge in [0.15, 0.2) is 0 Å². The molecule has 13 heavy (non-hydrogen) atoms. The topological polar surface area (TPSA) is 50.4 Å². The Labute approximate surface area is 78.4 Å². The summed E-state index contributed by atoms with van der Waals surface area (Å²) in [5, 5.41) is 6.89. The van der Waals surface area contributed by atoms with E-state index in [-0.39, 0.29) is 6.47 Å². The molecule has 0 saturated heterocycles. The van der Waals surface area contributed by atoms with Gasteiger partial charge in [0.1, 0.15) is 5.76 Å². The van der Waals surface area contributed by atoms with Gasteiger partial charge in [-0.05, 0) is 18.6 Å². The van der Waals surface area contributed by atoms with Crippen molar-refractivity contribution in [2.75, 3.05) is 0 Å². The first-order valence-corrected chi connectivity index (χ1v) is 4.45. The van der Waals surface area contributed by atoms with Gasteiger partial charge in [-0.15, -0.1) is 0 Å². The van der Waals surface area contributed by atoms with Gasteiger partial charge in [0.05, 0.1) is 6.26 Å². The quantitative estimate of drug-likeness (QED) is 0.578. The highest BCUT2D eigenvalue weighted by molar-refractivity contribution is 5.32. The number of carbonyl (C=O) groups is 1. The number of aryl methyl sites for hydroxylation is 1. The summed E-state index contributed by atoms with van der Waals surface area (Å²) in [6.07, 6.45) is 6.67. The second-order valence-electron chi connectivity index (χ2n) is 2.64. The molecule has 0 saturated carbocycles. The minimum Gasteiger partial charge on any atom is -0.483 e. The van der Waals surface area contributed by atoms with Crippen molar-refractivity contribution in [3.63, 3.8) is 0 Å². The molecule has 0 atom stereocenters. The van der Waals surface area contributed by atoms with Crippen molar-refractivity contribution in [2.45, 2.75) is 32.6 Å². The monoisotopic (exact) mass is 184 g/mol. The predicted octanol–water partition coefficient (Wildman–Crippen LogP) is 2.71. The summed E-state index contributed by atoms with van der Waals surface area (Å²) in [5.41, 5.74) is 0. The van der Waals surface area contributed by atoms with Crippen molar-refractivity contribution in [3.8, 4) is 0 Å². The van der Waals surface area contributed by atoms with E-state index in [4.69, 9.17) is 14.3 Å². The standard InChI is InChI=1S/C9H14O.CH2O2/c1-2-3-4-6-9-7-5-8-10-9;2-1-3/h5,7-8H,2-4,6H2,1H3;1H,(H,2,3). The average Bonchev–Trinajstić information content (AvgIpc) is 2.59. The molecule has 0 radical (unpaired) electrons. The third-order valence-electron chi connectivity index (χ3n) is 1.61. The smallest absolute Gasteiger partial charge is 0.290 e. The van der Waals surface area contributed by atoms with Crippen LogP contribution in [0.15, 0.2) is 22.8 Å². The molecule has 1 N–H and O–H groups in total. The van der Waals surface area contributed by atoms with Crippen LogP contribution >= 0.6 is 0 Å². The van der Waals surface area contributed by atoms with Gasteiger partial charge in [-0.25, -0.2) is 0 Å². The maximum absolute atomic E-state index is 8.36. The first-order valence-electron chi connectivity index (χ1n) is 4.45. The molecular weight excluding hydrogens is 168 g/mol. The first-order chi connectivity index (χ1) is 6.35. The molecule has 0 spiro atoms. The maximum atomic E-state index is 8.36. The van der Waals surface area contributed by atoms with E-state index in [9.17, 15) is 0 Å². The van der Waals surface area contributed by atoms with Crippen LogP contribution in [0.25, 0.3) is 0 Å². The first kappa shape index (κ1) is 11.8.